The van der Waals surface area contributed by atoms with Crippen LogP contribution in [0.2, 0.25) is 0 Å². The first-order chi connectivity index (χ1) is 25.0. The first-order valence-corrected chi connectivity index (χ1v) is 17.4. The minimum Gasteiger partial charge on any atom is -0.449 e. The number of fused-ring (bicyclic) bond motifs is 3. The largest absolute Gasteiger partial charge is 0.449 e. The summed E-state index contributed by atoms with van der Waals surface area (Å²) in [5.74, 6) is 0.141. The van der Waals surface area contributed by atoms with Gasteiger partial charge in [0.2, 0.25) is 17.7 Å². The highest BCUT2D eigenvalue weighted by atomic mass is 16.5. The van der Waals surface area contributed by atoms with E-state index in [-0.39, 0.29) is 36.7 Å². The van der Waals surface area contributed by atoms with Crippen molar-refractivity contribution in [3.05, 3.63) is 179 Å². The molecule has 5 aromatic carbocycles. The molecule has 0 unspecified atom stereocenters. The molecular formula is C43H40N4O4. The van der Waals surface area contributed by atoms with Crippen LogP contribution < -0.4 is 10.6 Å². The monoisotopic (exact) mass is 676 g/mol. The van der Waals surface area contributed by atoms with E-state index in [4.69, 9.17) is 9.15 Å². The van der Waals surface area contributed by atoms with Crippen molar-refractivity contribution in [2.24, 2.45) is 0 Å². The molecule has 0 saturated carbocycles. The van der Waals surface area contributed by atoms with E-state index in [9.17, 15) is 9.59 Å². The van der Waals surface area contributed by atoms with Crippen LogP contribution in [0.5, 0.6) is 0 Å². The second-order valence-electron chi connectivity index (χ2n) is 12.9. The Balaban J connectivity index is 1.17. The smallest absolute Gasteiger partial charge is 0.407 e. The summed E-state index contributed by atoms with van der Waals surface area (Å²) in [6, 6.07) is 45.0. The van der Waals surface area contributed by atoms with E-state index >= 15 is 0 Å². The number of hydrogen-bond acceptors (Lipinski definition) is 6. The highest BCUT2D eigenvalue weighted by Crippen LogP contribution is 2.44. The van der Waals surface area contributed by atoms with E-state index in [0.29, 0.717) is 5.89 Å². The molecule has 2 amide bonds. The number of ether oxygens (including phenoxy) is 1. The predicted molar refractivity (Wildman–Crippen MR) is 196 cm³/mol. The van der Waals surface area contributed by atoms with Crippen LogP contribution in [-0.4, -0.2) is 28.8 Å². The zero-order chi connectivity index (χ0) is 35.2. The molecule has 0 spiro atoms. The average Bonchev–Trinajstić information content (AvgIpc) is 3.80. The predicted octanol–water partition coefficient (Wildman–Crippen LogP) is 8.66. The molecule has 256 valence electrons. The van der Waals surface area contributed by atoms with Crippen molar-refractivity contribution in [3.63, 3.8) is 0 Å². The van der Waals surface area contributed by atoms with Crippen LogP contribution in [0.3, 0.4) is 0 Å². The highest BCUT2D eigenvalue weighted by molar-refractivity contribution is 5.81. The van der Waals surface area contributed by atoms with E-state index in [0.717, 1.165) is 45.4 Å². The summed E-state index contributed by atoms with van der Waals surface area (Å²) in [6.45, 7) is 4.15. The molecule has 1 aliphatic carbocycles. The number of aromatic nitrogens is 2. The van der Waals surface area contributed by atoms with Gasteiger partial charge in [0.15, 0.2) is 0 Å². The van der Waals surface area contributed by atoms with Crippen LogP contribution in [-0.2, 0) is 15.1 Å². The number of rotatable bonds is 12. The molecule has 51 heavy (non-hydrogen) atoms. The third-order valence-corrected chi connectivity index (χ3v) is 9.76. The van der Waals surface area contributed by atoms with Crippen LogP contribution in [0.15, 0.2) is 144 Å². The Morgan fingerprint density at radius 3 is 1.69 bits per heavy atom. The first kappa shape index (κ1) is 33.5. The van der Waals surface area contributed by atoms with Gasteiger partial charge in [-0.1, -0.05) is 153 Å². The lowest BCUT2D eigenvalue weighted by Crippen LogP contribution is -2.48. The summed E-state index contributed by atoms with van der Waals surface area (Å²) in [5.41, 5.74) is 6.10. The lowest BCUT2D eigenvalue weighted by atomic mass is 9.77. The van der Waals surface area contributed by atoms with E-state index in [2.05, 4.69) is 45.1 Å². The molecule has 8 nitrogen and oxygen atoms in total. The number of alkyl carbamates (subject to hydrolysis) is 1. The number of hydrogen-bond donors (Lipinski definition) is 2. The first-order valence-electron chi connectivity index (χ1n) is 17.4. The molecule has 0 radical (unpaired) electrons. The molecule has 2 atom stereocenters. The van der Waals surface area contributed by atoms with Gasteiger partial charge in [-0.25, -0.2) is 4.79 Å². The number of amides is 2. The molecule has 1 aliphatic rings. The molecule has 8 heteroatoms. The lowest BCUT2D eigenvalue weighted by molar-refractivity contribution is -0.123. The fraction of sp³-hybridized carbons (Fsp3) is 0.209. The van der Waals surface area contributed by atoms with Gasteiger partial charge in [0.25, 0.3) is 0 Å². The topological polar surface area (TPSA) is 106 Å². The van der Waals surface area contributed by atoms with Crippen LogP contribution in [0.25, 0.3) is 11.1 Å². The quantitative estimate of drug-likeness (QED) is 0.126. The van der Waals surface area contributed by atoms with Crippen molar-refractivity contribution in [1.29, 1.82) is 0 Å². The number of carbonyl (C=O) groups excluding carboxylic acids is 2. The summed E-state index contributed by atoms with van der Waals surface area (Å²) in [4.78, 5) is 28.0. The Hall–Kier alpha value is -6.02. The molecule has 0 bridgehead atoms. The van der Waals surface area contributed by atoms with Gasteiger partial charge in [-0.3, -0.25) is 4.79 Å². The summed E-state index contributed by atoms with van der Waals surface area (Å²) in [7, 11) is 0. The van der Waals surface area contributed by atoms with Crippen LogP contribution in [0, 0.1) is 0 Å². The van der Waals surface area contributed by atoms with Crippen LogP contribution in [0.4, 0.5) is 4.79 Å². The Bertz CT molecular complexity index is 1960. The van der Waals surface area contributed by atoms with E-state index in [1.807, 2.05) is 129 Å². The van der Waals surface area contributed by atoms with Gasteiger partial charge in [0, 0.05) is 11.8 Å². The third kappa shape index (κ3) is 6.77. The van der Waals surface area contributed by atoms with Crippen molar-refractivity contribution in [3.8, 4) is 11.1 Å². The van der Waals surface area contributed by atoms with Gasteiger partial charge < -0.3 is 19.8 Å². The van der Waals surface area contributed by atoms with Crippen LogP contribution in [0.1, 0.15) is 84.2 Å². The molecule has 1 heterocycles. The number of carbonyl (C=O) groups is 2. The van der Waals surface area contributed by atoms with Crippen molar-refractivity contribution in [2.45, 2.75) is 50.1 Å². The van der Waals surface area contributed by atoms with Gasteiger partial charge >= 0.3 is 6.09 Å². The second-order valence-corrected chi connectivity index (χ2v) is 12.9. The zero-order valence-corrected chi connectivity index (χ0v) is 28.7. The van der Waals surface area contributed by atoms with E-state index < -0.39 is 17.7 Å². The van der Waals surface area contributed by atoms with Gasteiger partial charge in [0.1, 0.15) is 18.2 Å². The maximum absolute atomic E-state index is 14.4. The summed E-state index contributed by atoms with van der Waals surface area (Å²) in [5, 5.41) is 14.8. The minimum atomic E-state index is -1.04. The summed E-state index contributed by atoms with van der Waals surface area (Å²) < 4.78 is 12.0. The van der Waals surface area contributed by atoms with Crippen molar-refractivity contribution in [1.82, 2.24) is 20.8 Å². The van der Waals surface area contributed by atoms with E-state index in [1.54, 1.807) is 0 Å². The molecule has 2 N–H and O–H groups in total. The molecule has 1 aromatic heterocycles. The standard InChI is InChI=1S/C43H40N4O4/c1-3-29(2)40-46-47-41(51-40)38(44-42(49)50-28-37-35-25-15-13-23-33(35)34-24-14-16-26-36(34)37)27-39(48)45-43(30-17-7-4-8-18-30,31-19-9-5-10-20-31)32-21-11-6-12-22-32/h4-26,29,37-38H,3,27-28H2,1-2H3,(H,44,49)(H,45,48)/t29-,38-/m0/s1. The molecule has 6 aromatic rings. The Labute approximate surface area is 297 Å². The molecule has 0 aliphatic heterocycles. The summed E-state index contributed by atoms with van der Waals surface area (Å²) >= 11 is 0. The second kappa shape index (κ2) is 14.8. The fourth-order valence-electron chi connectivity index (χ4n) is 6.97. The molecule has 0 saturated heterocycles. The van der Waals surface area contributed by atoms with Gasteiger partial charge in [0.05, 0.1) is 6.42 Å². The van der Waals surface area contributed by atoms with Gasteiger partial charge in [-0.2, -0.15) is 0 Å². The number of benzene rings is 5. The highest BCUT2D eigenvalue weighted by Gasteiger charge is 2.39. The van der Waals surface area contributed by atoms with Crippen molar-refractivity contribution >= 4 is 12.0 Å². The zero-order valence-electron chi connectivity index (χ0n) is 28.7. The Kier molecular flexibility index (Phi) is 9.74. The molecular weight excluding hydrogens is 636 g/mol. The SMILES string of the molecule is CC[C@H](C)c1nnc([C@H](CC(=O)NC(c2ccccc2)(c2ccccc2)c2ccccc2)NC(=O)OCC2c3ccccc3-c3ccccc32)o1. The Morgan fingerprint density at radius 2 is 1.18 bits per heavy atom. The summed E-state index contributed by atoms with van der Waals surface area (Å²) in [6.07, 6.45) is -0.0700. The Morgan fingerprint density at radius 1 is 0.706 bits per heavy atom. The number of nitrogens with one attached hydrogen (secondary N) is 2. The fourth-order valence-corrected chi connectivity index (χ4v) is 6.97. The average molecular weight is 677 g/mol. The van der Waals surface area contributed by atoms with Crippen LogP contribution >= 0.6 is 0 Å². The third-order valence-electron chi connectivity index (χ3n) is 9.76. The van der Waals surface area contributed by atoms with Gasteiger partial charge in [-0.05, 0) is 45.4 Å². The normalized spacial score (nSPS) is 13.5. The van der Waals surface area contributed by atoms with E-state index in [1.165, 1.54) is 0 Å². The lowest BCUT2D eigenvalue weighted by Gasteiger charge is -2.37. The maximum atomic E-state index is 14.4. The molecule has 7 rings (SSSR count). The minimum absolute atomic E-state index is 0.0112. The maximum Gasteiger partial charge on any atom is 0.407 e. The molecule has 0 fully saturated rings. The number of nitrogens with zero attached hydrogens (tertiary/aromatic N) is 2. The van der Waals surface area contributed by atoms with Crippen molar-refractivity contribution < 1.29 is 18.7 Å². The van der Waals surface area contributed by atoms with Gasteiger partial charge in [-0.15, -0.1) is 10.2 Å². The van der Waals surface area contributed by atoms with Crippen molar-refractivity contribution in [2.75, 3.05) is 6.61 Å².